The van der Waals surface area contributed by atoms with Gasteiger partial charge in [0, 0.05) is 19.6 Å². The topological polar surface area (TPSA) is 49.6 Å². The summed E-state index contributed by atoms with van der Waals surface area (Å²) >= 11 is 0. The molecule has 2 N–H and O–H groups in total. The quantitative estimate of drug-likeness (QED) is 0.811. The monoisotopic (exact) mass is 291 g/mol. The van der Waals surface area contributed by atoms with Crippen molar-refractivity contribution in [2.75, 3.05) is 33.2 Å². The highest BCUT2D eigenvalue weighted by atomic mass is 35.5. The summed E-state index contributed by atoms with van der Waals surface area (Å²) in [5.74, 6) is 0.738. The summed E-state index contributed by atoms with van der Waals surface area (Å²) in [7, 11) is 2.13. The number of nitrogens with zero attached hydrogens (tertiary/aromatic N) is 2. The third kappa shape index (κ3) is 5.28. The van der Waals surface area contributed by atoms with Gasteiger partial charge in [0.15, 0.2) is 0 Å². The first-order valence-corrected chi connectivity index (χ1v) is 7.17. The van der Waals surface area contributed by atoms with Gasteiger partial charge in [-0.1, -0.05) is 20.3 Å². The number of hydrogen-bond donors (Lipinski definition) is 1. The van der Waals surface area contributed by atoms with Crippen LogP contribution in [0.3, 0.4) is 0 Å². The molecule has 0 spiro atoms. The lowest BCUT2D eigenvalue weighted by Crippen LogP contribution is -2.52. The normalized spacial score (nSPS) is 22.2. The number of halogens is 1. The number of rotatable bonds is 6. The average molecular weight is 292 g/mol. The van der Waals surface area contributed by atoms with Crippen molar-refractivity contribution in [2.24, 2.45) is 11.7 Å². The van der Waals surface area contributed by atoms with E-state index in [4.69, 9.17) is 5.73 Å². The van der Waals surface area contributed by atoms with Crippen LogP contribution in [0.1, 0.15) is 40.0 Å². The van der Waals surface area contributed by atoms with Crippen LogP contribution in [-0.4, -0.2) is 54.5 Å². The molecule has 5 heteroatoms. The van der Waals surface area contributed by atoms with E-state index in [0.29, 0.717) is 5.92 Å². The summed E-state index contributed by atoms with van der Waals surface area (Å²) in [5.41, 5.74) is 5.44. The molecule has 1 rings (SSSR count). The molecule has 0 bridgehead atoms. The van der Waals surface area contributed by atoms with Gasteiger partial charge in [-0.25, -0.2) is 0 Å². The second-order valence-electron chi connectivity index (χ2n) is 5.93. The van der Waals surface area contributed by atoms with Gasteiger partial charge in [-0.15, -0.1) is 12.4 Å². The van der Waals surface area contributed by atoms with Crippen LogP contribution in [0.5, 0.6) is 0 Å². The Bertz CT molecular complexity index is 284. The number of likely N-dealkylation sites (tertiary alicyclic amines) is 1. The molecule has 0 saturated carbocycles. The van der Waals surface area contributed by atoms with Crippen LogP contribution in [0.25, 0.3) is 0 Å². The Morgan fingerprint density at radius 1 is 1.47 bits per heavy atom. The largest absolute Gasteiger partial charge is 0.341 e. The van der Waals surface area contributed by atoms with Crippen molar-refractivity contribution >= 4 is 18.3 Å². The van der Waals surface area contributed by atoms with Crippen molar-refractivity contribution in [2.45, 2.75) is 45.6 Å². The molecule has 19 heavy (non-hydrogen) atoms. The van der Waals surface area contributed by atoms with Crippen LogP contribution in [-0.2, 0) is 4.79 Å². The molecule has 1 amide bonds. The van der Waals surface area contributed by atoms with E-state index in [9.17, 15) is 4.79 Å². The smallest absolute Gasteiger partial charge is 0.242 e. The van der Waals surface area contributed by atoms with E-state index in [1.165, 1.54) is 0 Å². The zero-order valence-electron chi connectivity index (χ0n) is 12.8. The first kappa shape index (κ1) is 18.7. The van der Waals surface area contributed by atoms with E-state index in [1.54, 1.807) is 0 Å². The fourth-order valence-corrected chi connectivity index (χ4v) is 2.72. The van der Waals surface area contributed by atoms with Gasteiger partial charge < -0.3 is 15.5 Å². The fourth-order valence-electron chi connectivity index (χ4n) is 2.72. The van der Waals surface area contributed by atoms with E-state index in [2.05, 4.69) is 25.8 Å². The number of nitrogens with two attached hydrogens (primary N) is 1. The van der Waals surface area contributed by atoms with Gasteiger partial charge in [-0.2, -0.15) is 0 Å². The van der Waals surface area contributed by atoms with Gasteiger partial charge in [-0.3, -0.25) is 4.79 Å². The molecule has 0 radical (unpaired) electrons. The van der Waals surface area contributed by atoms with Gasteiger partial charge in [0.1, 0.15) is 0 Å². The van der Waals surface area contributed by atoms with E-state index in [-0.39, 0.29) is 18.3 Å². The van der Waals surface area contributed by atoms with Gasteiger partial charge in [-0.05, 0) is 39.3 Å². The van der Waals surface area contributed by atoms with Crippen molar-refractivity contribution in [3.8, 4) is 0 Å². The number of amides is 1. The van der Waals surface area contributed by atoms with E-state index in [1.807, 2.05) is 11.8 Å². The predicted octanol–water partition coefficient (Wildman–Crippen LogP) is 1.73. The Kier molecular flexibility index (Phi) is 7.94. The maximum Gasteiger partial charge on any atom is 0.242 e. The van der Waals surface area contributed by atoms with Crippen molar-refractivity contribution in [1.82, 2.24) is 9.80 Å². The predicted molar refractivity (Wildman–Crippen MR) is 82.6 cm³/mol. The molecule has 2 atom stereocenters. The molecule has 1 aliphatic heterocycles. The van der Waals surface area contributed by atoms with Crippen molar-refractivity contribution < 1.29 is 4.79 Å². The molecule has 4 nitrogen and oxygen atoms in total. The maximum absolute atomic E-state index is 12.3. The van der Waals surface area contributed by atoms with Crippen molar-refractivity contribution in [3.05, 3.63) is 0 Å². The minimum atomic E-state index is -0.680. The van der Waals surface area contributed by atoms with Crippen LogP contribution in [0.4, 0.5) is 0 Å². The first-order chi connectivity index (χ1) is 8.40. The lowest BCUT2D eigenvalue weighted by atomic mass is 9.96. The summed E-state index contributed by atoms with van der Waals surface area (Å²) in [4.78, 5) is 16.6. The Morgan fingerprint density at radius 3 is 2.63 bits per heavy atom. The van der Waals surface area contributed by atoms with Gasteiger partial charge >= 0.3 is 0 Å². The van der Waals surface area contributed by atoms with E-state index < -0.39 is 5.54 Å². The molecular weight excluding hydrogens is 262 g/mol. The Hall–Kier alpha value is -0.320. The van der Waals surface area contributed by atoms with Crippen molar-refractivity contribution in [1.29, 1.82) is 0 Å². The molecule has 0 aromatic heterocycles. The molecule has 1 fully saturated rings. The Balaban J connectivity index is 0.00000324. The molecule has 1 heterocycles. The molecule has 0 aliphatic carbocycles. The number of carbonyl (C=O) groups excluding carboxylic acids is 1. The van der Waals surface area contributed by atoms with Crippen molar-refractivity contribution in [3.63, 3.8) is 0 Å². The van der Waals surface area contributed by atoms with Crippen LogP contribution < -0.4 is 5.73 Å². The summed E-state index contributed by atoms with van der Waals surface area (Å²) in [6, 6.07) is 0. The summed E-state index contributed by atoms with van der Waals surface area (Å²) in [6.07, 6.45) is 2.83. The molecule has 0 aromatic carbocycles. The summed E-state index contributed by atoms with van der Waals surface area (Å²) < 4.78 is 0. The molecule has 1 saturated heterocycles. The third-order valence-corrected chi connectivity index (χ3v) is 3.94. The van der Waals surface area contributed by atoms with E-state index >= 15 is 0 Å². The molecule has 1 aliphatic rings. The lowest BCUT2D eigenvalue weighted by Gasteiger charge is -2.29. The minimum absolute atomic E-state index is 0. The third-order valence-electron chi connectivity index (χ3n) is 3.94. The van der Waals surface area contributed by atoms with Gasteiger partial charge in [0.25, 0.3) is 0 Å². The van der Waals surface area contributed by atoms with Crippen LogP contribution in [0.2, 0.25) is 0 Å². The highest BCUT2D eigenvalue weighted by Gasteiger charge is 2.35. The molecule has 0 aromatic rings. The number of carbonyl (C=O) groups is 1. The Morgan fingerprint density at radius 2 is 2.11 bits per heavy atom. The van der Waals surface area contributed by atoms with Crippen LogP contribution in [0, 0.1) is 5.92 Å². The first-order valence-electron chi connectivity index (χ1n) is 7.17. The highest BCUT2D eigenvalue weighted by molar-refractivity contribution is 5.86. The maximum atomic E-state index is 12.3. The molecule has 114 valence electrons. The zero-order valence-corrected chi connectivity index (χ0v) is 13.6. The SMILES string of the molecule is CCCC(C)(N)C(=O)N1CCC(CN(C)CC)C1.Cl. The minimum Gasteiger partial charge on any atom is -0.341 e. The van der Waals surface area contributed by atoms with Gasteiger partial charge in [0.2, 0.25) is 5.91 Å². The van der Waals surface area contributed by atoms with E-state index in [0.717, 1.165) is 45.4 Å². The highest BCUT2D eigenvalue weighted by Crippen LogP contribution is 2.21. The second kappa shape index (κ2) is 8.08. The van der Waals surface area contributed by atoms with Crippen LogP contribution >= 0.6 is 12.4 Å². The average Bonchev–Trinajstić information content (AvgIpc) is 2.76. The van der Waals surface area contributed by atoms with Crippen LogP contribution in [0.15, 0.2) is 0 Å². The number of hydrogen-bond acceptors (Lipinski definition) is 3. The van der Waals surface area contributed by atoms with Gasteiger partial charge in [0.05, 0.1) is 5.54 Å². The molecule has 2 unspecified atom stereocenters. The summed E-state index contributed by atoms with van der Waals surface area (Å²) in [6.45, 7) is 9.99. The zero-order chi connectivity index (χ0) is 13.8. The Labute approximate surface area is 124 Å². The standard InChI is InChI=1S/C14H29N3O.ClH/c1-5-8-14(3,15)13(18)17-9-7-12(11-17)10-16(4)6-2;/h12H,5-11,15H2,1-4H3;1H. The molecular formula is C14H30ClN3O. The second-order valence-corrected chi connectivity index (χ2v) is 5.93. The lowest BCUT2D eigenvalue weighted by molar-refractivity contribution is -0.135. The fraction of sp³-hybridized carbons (Fsp3) is 0.929. The summed E-state index contributed by atoms with van der Waals surface area (Å²) in [5, 5.41) is 0.